The third-order valence-corrected chi connectivity index (χ3v) is 7.75. The Morgan fingerprint density at radius 3 is 2.55 bits per heavy atom. The Kier molecular flexibility index (Phi) is 6.03. The average Bonchev–Trinajstić information content (AvgIpc) is 3.03. The van der Waals surface area contributed by atoms with Crippen LogP contribution in [0.5, 0.6) is 0 Å². The number of hydrogen-bond donors (Lipinski definition) is 1. The van der Waals surface area contributed by atoms with Gasteiger partial charge in [0.1, 0.15) is 0 Å². The second kappa shape index (κ2) is 8.45. The minimum atomic E-state index is -3.30. The van der Waals surface area contributed by atoms with Gasteiger partial charge in [0.25, 0.3) is 0 Å². The zero-order valence-electron chi connectivity index (χ0n) is 18.8. The molecule has 0 radical (unpaired) electrons. The van der Waals surface area contributed by atoms with Crippen LogP contribution in [0.4, 0.5) is 11.4 Å². The molecule has 2 heterocycles. The molecule has 1 saturated heterocycles. The molecule has 2 aromatic rings. The van der Waals surface area contributed by atoms with Gasteiger partial charge in [0.15, 0.2) is 0 Å². The number of hydrogen-bond acceptors (Lipinski definition) is 5. The lowest BCUT2D eigenvalue weighted by Gasteiger charge is -2.42. The van der Waals surface area contributed by atoms with E-state index in [9.17, 15) is 13.5 Å². The summed E-state index contributed by atoms with van der Waals surface area (Å²) in [4.78, 5) is 4.76. The number of aliphatic hydroxyl groups excluding tert-OH is 1. The van der Waals surface area contributed by atoms with Crippen molar-refractivity contribution in [3.63, 3.8) is 0 Å². The van der Waals surface area contributed by atoms with E-state index in [1.54, 1.807) is 0 Å². The average molecular weight is 444 g/mol. The minimum absolute atomic E-state index is 0.0899. The highest BCUT2D eigenvalue weighted by Crippen LogP contribution is 2.36. The van der Waals surface area contributed by atoms with Crippen LogP contribution >= 0.6 is 0 Å². The van der Waals surface area contributed by atoms with Crippen molar-refractivity contribution in [2.45, 2.75) is 45.4 Å². The third-order valence-electron chi connectivity index (χ3n) is 6.47. The Morgan fingerprint density at radius 1 is 1.10 bits per heavy atom. The molecule has 1 fully saturated rings. The molecule has 0 unspecified atom stereocenters. The largest absolute Gasteiger partial charge is 0.387 e. The summed E-state index contributed by atoms with van der Waals surface area (Å²) in [5, 5.41) is 10.9. The lowest BCUT2D eigenvalue weighted by atomic mass is 10.0. The molecule has 2 aliphatic rings. The highest BCUT2D eigenvalue weighted by molar-refractivity contribution is 7.92. The molecule has 1 N–H and O–H groups in total. The number of nitrogens with zero attached hydrogens (tertiary/aromatic N) is 3. The number of aryl methyl sites for hydroxylation is 1. The Bertz CT molecular complexity index is 1060. The Labute approximate surface area is 186 Å². The van der Waals surface area contributed by atoms with E-state index >= 15 is 0 Å². The number of anilines is 2. The summed E-state index contributed by atoms with van der Waals surface area (Å²) in [6, 6.07) is 14.6. The maximum absolute atomic E-state index is 12.1. The van der Waals surface area contributed by atoms with Crippen molar-refractivity contribution in [1.29, 1.82) is 0 Å². The van der Waals surface area contributed by atoms with Crippen molar-refractivity contribution in [2.75, 3.05) is 41.6 Å². The highest BCUT2D eigenvalue weighted by Gasteiger charge is 2.33. The molecule has 31 heavy (non-hydrogen) atoms. The predicted octanol–water partition coefficient (Wildman–Crippen LogP) is 2.95. The number of β-amino-alcohol motifs (C(OH)–C–C–N with tert-alkyl or cyclic N) is 1. The first-order valence-corrected chi connectivity index (χ1v) is 12.8. The SMILES string of the molecule is Cc1cccc(N2CCN(C[C@H](O)c3ccc4c(c3)C[C@H](C)N4S(C)(=O)=O)C[C@H]2C)c1. The van der Waals surface area contributed by atoms with Gasteiger partial charge in [-0.3, -0.25) is 9.21 Å². The molecule has 2 aromatic carbocycles. The molecule has 0 bridgehead atoms. The van der Waals surface area contributed by atoms with Gasteiger partial charge in [0, 0.05) is 44.0 Å². The highest BCUT2D eigenvalue weighted by atomic mass is 32.2. The molecule has 0 saturated carbocycles. The maximum atomic E-state index is 12.1. The fourth-order valence-electron chi connectivity index (χ4n) is 5.07. The van der Waals surface area contributed by atoms with Crippen molar-refractivity contribution in [3.05, 3.63) is 59.2 Å². The van der Waals surface area contributed by atoms with Gasteiger partial charge in [0.05, 0.1) is 18.0 Å². The van der Waals surface area contributed by atoms with Crippen LogP contribution in [0.15, 0.2) is 42.5 Å². The molecule has 2 aliphatic heterocycles. The summed E-state index contributed by atoms with van der Waals surface area (Å²) in [6.45, 7) is 9.59. The van der Waals surface area contributed by atoms with Gasteiger partial charge >= 0.3 is 0 Å². The van der Waals surface area contributed by atoms with Gasteiger partial charge in [-0.05, 0) is 62.1 Å². The maximum Gasteiger partial charge on any atom is 0.232 e. The lowest BCUT2D eigenvalue weighted by Crippen LogP contribution is -2.52. The van der Waals surface area contributed by atoms with Crippen LogP contribution in [0, 0.1) is 6.92 Å². The first-order valence-electron chi connectivity index (χ1n) is 11.0. The predicted molar refractivity (Wildman–Crippen MR) is 126 cm³/mol. The standard InChI is InChI=1S/C24H33N3O3S/c1-17-6-5-7-22(12-17)26-11-10-25(15-19(26)3)16-24(28)20-8-9-23-21(14-20)13-18(2)27(23)31(4,29)30/h5-9,12,14,18-19,24,28H,10-11,13,15-16H2,1-4H3/t18-,19+,24-/m0/s1. The Morgan fingerprint density at radius 2 is 1.87 bits per heavy atom. The lowest BCUT2D eigenvalue weighted by molar-refractivity contribution is 0.102. The molecule has 168 valence electrons. The van der Waals surface area contributed by atoms with E-state index in [2.05, 4.69) is 47.9 Å². The summed E-state index contributed by atoms with van der Waals surface area (Å²) in [5.74, 6) is 0. The zero-order valence-corrected chi connectivity index (χ0v) is 19.6. The van der Waals surface area contributed by atoms with Crippen molar-refractivity contribution in [2.24, 2.45) is 0 Å². The second-order valence-corrected chi connectivity index (χ2v) is 11.0. The first kappa shape index (κ1) is 22.1. The van der Waals surface area contributed by atoms with E-state index < -0.39 is 16.1 Å². The van der Waals surface area contributed by atoms with Crippen molar-refractivity contribution in [1.82, 2.24) is 4.90 Å². The molecular weight excluding hydrogens is 410 g/mol. The monoisotopic (exact) mass is 443 g/mol. The van der Waals surface area contributed by atoms with Crippen molar-refractivity contribution < 1.29 is 13.5 Å². The molecule has 0 aromatic heterocycles. The van der Waals surface area contributed by atoms with Gasteiger partial charge < -0.3 is 10.0 Å². The zero-order chi connectivity index (χ0) is 22.3. The van der Waals surface area contributed by atoms with E-state index in [0.29, 0.717) is 19.0 Å². The molecular formula is C24H33N3O3S. The van der Waals surface area contributed by atoms with Gasteiger partial charge in [-0.25, -0.2) is 8.42 Å². The smallest absolute Gasteiger partial charge is 0.232 e. The number of benzene rings is 2. The van der Waals surface area contributed by atoms with Crippen LogP contribution in [0.25, 0.3) is 0 Å². The van der Waals surface area contributed by atoms with Crippen molar-refractivity contribution in [3.8, 4) is 0 Å². The first-order chi connectivity index (χ1) is 14.6. The van der Waals surface area contributed by atoms with Gasteiger partial charge in [-0.15, -0.1) is 0 Å². The van der Waals surface area contributed by atoms with Crippen molar-refractivity contribution >= 4 is 21.4 Å². The molecule has 0 aliphatic carbocycles. The van der Waals surface area contributed by atoms with E-state index in [-0.39, 0.29) is 6.04 Å². The van der Waals surface area contributed by atoms with Crippen LogP contribution in [0.3, 0.4) is 0 Å². The summed E-state index contributed by atoms with van der Waals surface area (Å²) < 4.78 is 25.8. The third kappa shape index (κ3) is 4.59. The molecule has 6 nitrogen and oxygen atoms in total. The van der Waals surface area contributed by atoms with Crippen LogP contribution < -0.4 is 9.21 Å². The topological polar surface area (TPSA) is 64.1 Å². The van der Waals surface area contributed by atoms with Gasteiger partial charge in [0.2, 0.25) is 10.0 Å². The summed E-state index contributed by atoms with van der Waals surface area (Å²) >= 11 is 0. The summed E-state index contributed by atoms with van der Waals surface area (Å²) in [7, 11) is -3.30. The number of sulfonamides is 1. The molecule has 3 atom stereocenters. The molecule has 0 spiro atoms. The van der Waals surface area contributed by atoms with Crippen LogP contribution in [0.1, 0.15) is 36.6 Å². The number of piperazine rings is 1. The minimum Gasteiger partial charge on any atom is -0.387 e. The summed E-state index contributed by atoms with van der Waals surface area (Å²) in [6.07, 6.45) is 1.33. The fourth-order valence-corrected chi connectivity index (χ4v) is 6.34. The number of rotatable bonds is 5. The van der Waals surface area contributed by atoms with Crippen LogP contribution in [-0.4, -0.2) is 62.9 Å². The van der Waals surface area contributed by atoms with E-state index in [1.165, 1.54) is 21.8 Å². The fraction of sp³-hybridized carbons (Fsp3) is 0.500. The quantitative estimate of drug-likeness (QED) is 0.770. The van der Waals surface area contributed by atoms with E-state index in [0.717, 1.165) is 36.4 Å². The number of aliphatic hydroxyl groups is 1. The van der Waals surface area contributed by atoms with Gasteiger partial charge in [-0.1, -0.05) is 24.3 Å². The second-order valence-electron chi connectivity index (χ2n) is 9.16. The molecule has 4 rings (SSSR count). The normalized spacial score (nSPS) is 23.1. The Balaban J connectivity index is 1.42. The van der Waals surface area contributed by atoms with Crippen LogP contribution in [-0.2, 0) is 16.4 Å². The Hall–Kier alpha value is -2.09. The number of fused-ring (bicyclic) bond motifs is 1. The van der Waals surface area contributed by atoms with E-state index in [4.69, 9.17) is 0 Å². The molecule has 0 amide bonds. The summed E-state index contributed by atoms with van der Waals surface area (Å²) in [5.41, 5.74) is 5.12. The van der Waals surface area contributed by atoms with Gasteiger partial charge in [-0.2, -0.15) is 0 Å². The molecule has 7 heteroatoms. The van der Waals surface area contributed by atoms with E-state index in [1.807, 2.05) is 25.1 Å². The van der Waals surface area contributed by atoms with Crippen LogP contribution in [0.2, 0.25) is 0 Å².